The Labute approximate surface area is 206 Å². The van der Waals surface area contributed by atoms with Crippen LogP contribution in [0.1, 0.15) is 45.4 Å². The van der Waals surface area contributed by atoms with Gasteiger partial charge in [0.1, 0.15) is 18.8 Å². The van der Waals surface area contributed by atoms with Crippen molar-refractivity contribution in [3.8, 4) is 11.1 Å². The number of nitrogens with one attached hydrogen (secondary N) is 1. The Morgan fingerprint density at radius 3 is 2.34 bits per heavy atom. The first kappa shape index (κ1) is 23.0. The van der Waals surface area contributed by atoms with Crippen molar-refractivity contribution in [2.24, 2.45) is 0 Å². The average molecular weight is 492 g/mol. The second-order valence-electron chi connectivity index (χ2n) is 8.69. The van der Waals surface area contributed by atoms with Crippen LogP contribution in [-0.2, 0) is 16.0 Å². The Morgan fingerprint density at radius 1 is 1.06 bits per heavy atom. The second-order valence-corrected chi connectivity index (χ2v) is 9.63. The normalized spacial score (nSPS) is 14.2. The molecule has 3 aromatic rings. The molecule has 2 aliphatic carbocycles. The predicted molar refractivity (Wildman–Crippen MR) is 131 cm³/mol. The first-order chi connectivity index (χ1) is 17.0. The van der Waals surface area contributed by atoms with Gasteiger partial charge in [-0.25, -0.2) is 9.78 Å². The lowest BCUT2D eigenvalue weighted by Gasteiger charge is -2.18. The van der Waals surface area contributed by atoms with E-state index in [1.54, 1.807) is 5.38 Å². The summed E-state index contributed by atoms with van der Waals surface area (Å²) >= 11 is 1.32. The Hall–Kier alpha value is -3.72. The average Bonchev–Trinajstić information content (AvgIpc) is 3.51. The topological polar surface area (TPSA) is 109 Å². The number of ether oxygens (including phenoxy) is 1. The van der Waals surface area contributed by atoms with Crippen LogP contribution in [0.3, 0.4) is 0 Å². The number of alkyl carbamates (subject to hydrolysis) is 1. The minimum absolute atomic E-state index is 0.000832. The number of rotatable bonds is 9. The highest BCUT2D eigenvalue weighted by Gasteiger charge is 2.35. The second kappa shape index (κ2) is 9.87. The quantitative estimate of drug-likeness (QED) is 0.470. The van der Waals surface area contributed by atoms with Gasteiger partial charge in [-0.05, 0) is 35.1 Å². The summed E-state index contributed by atoms with van der Waals surface area (Å²) in [5.74, 6) is -1.39. The molecule has 2 N–H and O–H groups in total. The van der Waals surface area contributed by atoms with Crippen LogP contribution in [0.5, 0.6) is 0 Å². The lowest BCUT2D eigenvalue weighted by Crippen LogP contribution is -2.37. The number of aromatic nitrogens is 1. The van der Waals surface area contributed by atoms with E-state index in [-0.39, 0.29) is 36.7 Å². The highest BCUT2D eigenvalue weighted by atomic mass is 32.1. The summed E-state index contributed by atoms with van der Waals surface area (Å²) in [5, 5.41) is 14.2. The highest BCUT2D eigenvalue weighted by molar-refractivity contribution is 7.09. The summed E-state index contributed by atoms with van der Waals surface area (Å²) in [4.78, 5) is 41.8. The zero-order valence-corrected chi connectivity index (χ0v) is 19.8. The van der Waals surface area contributed by atoms with Crippen LogP contribution >= 0.6 is 11.3 Å². The fourth-order valence-corrected chi connectivity index (χ4v) is 5.26. The van der Waals surface area contributed by atoms with E-state index >= 15 is 0 Å². The lowest BCUT2D eigenvalue weighted by molar-refractivity contribution is -0.137. The van der Waals surface area contributed by atoms with Gasteiger partial charge in [0, 0.05) is 30.3 Å². The highest BCUT2D eigenvalue weighted by Crippen LogP contribution is 2.44. The minimum atomic E-state index is -1.03. The van der Waals surface area contributed by atoms with E-state index in [2.05, 4.69) is 34.6 Å². The molecule has 8 nitrogen and oxygen atoms in total. The molecule has 1 fully saturated rings. The van der Waals surface area contributed by atoms with Gasteiger partial charge in [0.25, 0.3) is 5.91 Å². The maximum absolute atomic E-state index is 12.7. The third-order valence-corrected chi connectivity index (χ3v) is 7.19. The molecule has 0 saturated heterocycles. The predicted octanol–water partition coefficient (Wildman–Crippen LogP) is 3.91. The zero-order chi connectivity index (χ0) is 24.4. The molecule has 1 heterocycles. The number of hydrogen-bond donors (Lipinski definition) is 2. The molecule has 0 bridgehead atoms. The maximum Gasteiger partial charge on any atom is 0.407 e. The van der Waals surface area contributed by atoms with Gasteiger partial charge in [-0.2, -0.15) is 0 Å². The number of nitrogens with zero attached hydrogens (tertiary/aromatic N) is 2. The van der Waals surface area contributed by atoms with Crippen molar-refractivity contribution in [2.45, 2.75) is 31.2 Å². The molecule has 2 aromatic carbocycles. The first-order valence-electron chi connectivity index (χ1n) is 11.6. The van der Waals surface area contributed by atoms with Crippen molar-refractivity contribution in [1.29, 1.82) is 0 Å². The Kier molecular flexibility index (Phi) is 6.50. The van der Waals surface area contributed by atoms with Gasteiger partial charge in [0.15, 0.2) is 0 Å². The molecule has 0 radical (unpaired) electrons. The number of aliphatic carboxylic acids is 1. The van der Waals surface area contributed by atoms with E-state index in [9.17, 15) is 14.4 Å². The standard InChI is InChI=1S/C26H25N3O5S/c30-24(31)13-29(16-9-10-16)25(32)22-15-35-23(28-22)11-12-27-26(33)34-14-21-19-7-3-1-5-17(19)18-6-2-4-8-20(18)21/h1-8,15-16,21H,9-14H2,(H,27,33)(H,30,31). The molecule has 35 heavy (non-hydrogen) atoms. The van der Waals surface area contributed by atoms with E-state index in [4.69, 9.17) is 9.84 Å². The molecule has 180 valence electrons. The lowest BCUT2D eigenvalue weighted by atomic mass is 9.98. The van der Waals surface area contributed by atoms with Gasteiger partial charge in [-0.3, -0.25) is 9.59 Å². The largest absolute Gasteiger partial charge is 0.480 e. The number of benzene rings is 2. The third-order valence-electron chi connectivity index (χ3n) is 6.28. The third kappa shape index (κ3) is 5.05. The number of amides is 2. The van der Waals surface area contributed by atoms with Gasteiger partial charge in [0.05, 0.1) is 5.01 Å². The molecule has 1 aromatic heterocycles. The maximum atomic E-state index is 12.7. The molecular weight excluding hydrogens is 466 g/mol. The fraction of sp³-hybridized carbons (Fsp3) is 0.308. The zero-order valence-electron chi connectivity index (χ0n) is 19.0. The Bertz CT molecular complexity index is 1220. The van der Waals surface area contributed by atoms with Crippen LogP contribution in [-0.4, -0.2) is 58.7 Å². The van der Waals surface area contributed by atoms with Crippen molar-refractivity contribution in [1.82, 2.24) is 15.2 Å². The summed E-state index contributed by atoms with van der Waals surface area (Å²) in [7, 11) is 0. The van der Waals surface area contributed by atoms with Gasteiger partial charge >= 0.3 is 12.1 Å². The molecule has 5 rings (SSSR count). The Balaban J connectivity index is 1.12. The molecule has 0 unspecified atom stereocenters. The number of hydrogen-bond acceptors (Lipinski definition) is 6. The van der Waals surface area contributed by atoms with Gasteiger partial charge in [-0.1, -0.05) is 48.5 Å². The summed E-state index contributed by atoms with van der Waals surface area (Å²) in [6.07, 6.45) is 1.59. The van der Waals surface area contributed by atoms with Crippen molar-refractivity contribution < 1.29 is 24.2 Å². The van der Waals surface area contributed by atoms with E-state index in [1.165, 1.54) is 27.4 Å². The molecule has 0 atom stereocenters. The van der Waals surface area contributed by atoms with E-state index in [1.807, 2.05) is 24.3 Å². The van der Waals surface area contributed by atoms with Crippen LogP contribution in [0.25, 0.3) is 11.1 Å². The smallest absolute Gasteiger partial charge is 0.407 e. The van der Waals surface area contributed by atoms with Gasteiger partial charge < -0.3 is 20.1 Å². The minimum Gasteiger partial charge on any atom is -0.480 e. The molecule has 9 heteroatoms. The molecular formula is C26H25N3O5S. The van der Waals surface area contributed by atoms with E-state index in [0.29, 0.717) is 18.0 Å². The van der Waals surface area contributed by atoms with Crippen LogP contribution in [0.2, 0.25) is 0 Å². The first-order valence-corrected chi connectivity index (χ1v) is 12.4. The molecule has 2 aliphatic rings. The van der Waals surface area contributed by atoms with Crippen LogP contribution in [0, 0.1) is 0 Å². The monoisotopic (exact) mass is 491 g/mol. The number of thiazole rings is 1. The van der Waals surface area contributed by atoms with Gasteiger partial charge in [-0.15, -0.1) is 11.3 Å². The summed E-state index contributed by atoms with van der Waals surface area (Å²) in [6.45, 7) is 0.245. The molecule has 0 aliphatic heterocycles. The number of fused-ring (bicyclic) bond motifs is 3. The van der Waals surface area contributed by atoms with Crippen LogP contribution in [0.15, 0.2) is 53.9 Å². The number of carbonyl (C=O) groups excluding carboxylic acids is 2. The SMILES string of the molecule is O=C(O)CN(C(=O)c1csc(CCNC(=O)OCC2c3ccccc3-c3ccccc32)n1)C1CC1. The molecule has 0 spiro atoms. The molecule has 2 amide bonds. The van der Waals surface area contributed by atoms with Gasteiger partial charge in [0.2, 0.25) is 0 Å². The van der Waals surface area contributed by atoms with E-state index in [0.717, 1.165) is 24.0 Å². The summed E-state index contributed by atoms with van der Waals surface area (Å²) in [6, 6.07) is 16.3. The number of carboxylic acid groups (broad SMARTS) is 1. The van der Waals surface area contributed by atoms with Crippen molar-refractivity contribution >= 4 is 29.3 Å². The number of carbonyl (C=O) groups is 3. The van der Waals surface area contributed by atoms with Crippen molar-refractivity contribution in [3.63, 3.8) is 0 Å². The summed E-state index contributed by atoms with van der Waals surface area (Å²) < 4.78 is 5.54. The van der Waals surface area contributed by atoms with Crippen LogP contribution < -0.4 is 5.32 Å². The Morgan fingerprint density at radius 2 is 1.71 bits per heavy atom. The molecule has 1 saturated carbocycles. The summed E-state index contributed by atoms with van der Waals surface area (Å²) in [5.41, 5.74) is 4.92. The van der Waals surface area contributed by atoms with Crippen LogP contribution in [0.4, 0.5) is 4.79 Å². The van der Waals surface area contributed by atoms with E-state index < -0.39 is 12.1 Å². The van der Waals surface area contributed by atoms with Crippen molar-refractivity contribution in [2.75, 3.05) is 19.7 Å². The van der Waals surface area contributed by atoms with Crippen molar-refractivity contribution in [3.05, 3.63) is 75.7 Å². The fourth-order valence-electron chi connectivity index (χ4n) is 4.49. The number of carboxylic acids is 1.